The Bertz CT molecular complexity index is 1640. The van der Waals surface area contributed by atoms with E-state index in [9.17, 15) is 5.11 Å². The first kappa shape index (κ1) is 34.7. The van der Waals surface area contributed by atoms with Crippen molar-refractivity contribution in [2.75, 3.05) is 6.61 Å². The Morgan fingerprint density at radius 1 is 0.469 bits per heavy atom. The molecule has 7 nitrogen and oxygen atoms in total. The minimum atomic E-state index is -1.42. The lowest BCUT2D eigenvalue weighted by atomic mass is 9.73. The van der Waals surface area contributed by atoms with Crippen molar-refractivity contribution in [1.82, 2.24) is 0 Å². The molecular weight excluding hydrogens is 614 g/mol. The number of aliphatic hydroxyl groups excluding tert-OH is 1. The van der Waals surface area contributed by atoms with Crippen LogP contribution in [0.3, 0.4) is 0 Å². The van der Waals surface area contributed by atoms with Crippen LogP contribution in [0.25, 0.3) is 0 Å². The highest BCUT2D eigenvalue weighted by Gasteiger charge is 2.61. The number of benzene rings is 5. The Morgan fingerprint density at radius 3 is 1.29 bits per heavy atom. The van der Waals surface area contributed by atoms with Gasteiger partial charge in [0.25, 0.3) is 0 Å². The summed E-state index contributed by atoms with van der Waals surface area (Å²) in [5, 5.41) is 12.4. The molecule has 0 aromatic heterocycles. The molecule has 49 heavy (non-hydrogen) atoms. The van der Waals surface area contributed by atoms with E-state index in [0.29, 0.717) is 6.61 Å². The molecule has 3 N–H and O–H groups in total. The van der Waals surface area contributed by atoms with Crippen molar-refractivity contribution < 1.29 is 28.8 Å². The summed E-state index contributed by atoms with van der Waals surface area (Å²) >= 11 is 0. The second-order valence-corrected chi connectivity index (χ2v) is 12.5. The molecule has 0 unspecified atom stereocenters. The van der Waals surface area contributed by atoms with Crippen molar-refractivity contribution in [1.29, 1.82) is 0 Å². The molecule has 1 aliphatic carbocycles. The molecular formula is C42H45NO6. The Kier molecular flexibility index (Phi) is 12.4. The van der Waals surface area contributed by atoms with Crippen LogP contribution in [0.1, 0.15) is 27.8 Å². The van der Waals surface area contributed by atoms with Crippen molar-refractivity contribution in [3.8, 4) is 0 Å². The van der Waals surface area contributed by atoms with E-state index in [0.717, 1.165) is 27.8 Å². The quantitative estimate of drug-likeness (QED) is 0.123. The summed E-state index contributed by atoms with van der Waals surface area (Å²) in [6.07, 6.45) is -3.54. The summed E-state index contributed by atoms with van der Waals surface area (Å²) in [4.78, 5) is 0. The zero-order chi connectivity index (χ0) is 33.7. The monoisotopic (exact) mass is 659 g/mol. The highest BCUT2D eigenvalue weighted by atomic mass is 16.6. The van der Waals surface area contributed by atoms with Gasteiger partial charge in [0.1, 0.15) is 30.0 Å². The number of hydrogen-bond acceptors (Lipinski definition) is 7. The van der Waals surface area contributed by atoms with E-state index in [-0.39, 0.29) is 33.0 Å². The SMILES string of the molecule is N[C@@H]1[C@H](OCc2ccccc2)[C@@H](OCc2ccccc2)[C@H](OCc2ccccc2)[C@](COCc2ccccc2)(OCc2ccccc2)[C@H]1O. The lowest BCUT2D eigenvalue weighted by Crippen LogP contribution is -2.76. The molecule has 0 saturated heterocycles. The van der Waals surface area contributed by atoms with E-state index in [4.69, 9.17) is 29.4 Å². The molecule has 7 heteroatoms. The van der Waals surface area contributed by atoms with E-state index >= 15 is 0 Å². The number of aliphatic hydroxyl groups is 1. The molecule has 254 valence electrons. The normalized spacial score (nSPS) is 23.7. The van der Waals surface area contributed by atoms with Gasteiger partial charge in [-0.15, -0.1) is 0 Å². The molecule has 6 rings (SSSR count). The van der Waals surface area contributed by atoms with Gasteiger partial charge >= 0.3 is 0 Å². The number of nitrogens with two attached hydrogens (primary N) is 1. The maximum atomic E-state index is 12.4. The van der Waals surface area contributed by atoms with Gasteiger partial charge in [-0.05, 0) is 27.8 Å². The molecule has 1 aliphatic rings. The predicted octanol–water partition coefficient (Wildman–Crippen LogP) is 6.62. The molecule has 1 fully saturated rings. The van der Waals surface area contributed by atoms with Gasteiger partial charge in [-0.1, -0.05) is 152 Å². The van der Waals surface area contributed by atoms with Crippen molar-refractivity contribution in [2.24, 2.45) is 5.73 Å². The number of hydrogen-bond donors (Lipinski definition) is 2. The van der Waals surface area contributed by atoms with Crippen LogP contribution in [0.15, 0.2) is 152 Å². The first-order valence-corrected chi connectivity index (χ1v) is 16.8. The zero-order valence-corrected chi connectivity index (χ0v) is 27.6. The van der Waals surface area contributed by atoms with Crippen LogP contribution >= 0.6 is 0 Å². The maximum absolute atomic E-state index is 12.4. The topological polar surface area (TPSA) is 92.4 Å². The van der Waals surface area contributed by atoms with E-state index in [2.05, 4.69) is 0 Å². The van der Waals surface area contributed by atoms with Gasteiger partial charge in [-0.25, -0.2) is 0 Å². The highest BCUT2D eigenvalue weighted by molar-refractivity contribution is 5.20. The van der Waals surface area contributed by atoms with Crippen LogP contribution in [0.2, 0.25) is 0 Å². The molecule has 0 heterocycles. The van der Waals surface area contributed by atoms with E-state index in [1.807, 2.05) is 152 Å². The molecule has 0 amide bonds. The van der Waals surface area contributed by atoms with Gasteiger partial charge in [0.05, 0.1) is 45.7 Å². The van der Waals surface area contributed by atoms with E-state index in [1.54, 1.807) is 0 Å². The summed E-state index contributed by atoms with van der Waals surface area (Å²) in [6.45, 7) is 1.33. The van der Waals surface area contributed by atoms with Crippen LogP contribution in [0.5, 0.6) is 0 Å². The van der Waals surface area contributed by atoms with Crippen LogP contribution in [0.4, 0.5) is 0 Å². The minimum absolute atomic E-state index is 0.000344. The van der Waals surface area contributed by atoms with E-state index in [1.165, 1.54) is 0 Å². The summed E-state index contributed by atoms with van der Waals surface area (Å²) in [5.41, 5.74) is 10.5. The fourth-order valence-electron chi connectivity index (χ4n) is 6.33. The van der Waals surface area contributed by atoms with Gasteiger partial charge in [0.2, 0.25) is 0 Å². The lowest BCUT2D eigenvalue weighted by molar-refractivity contribution is -0.303. The Labute approximate surface area is 289 Å². The van der Waals surface area contributed by atoms with Gasteiger partial charge in [-0.3, -0.25) is 0 Å². The third-order valence-corrected chi connectivity index (χ3v) is 8.98. The summed E-state index contributed by atoms with van der Waals surface area (Å²) < 4.78 is 33.5. The third kappa shape index (κ3) is 9.09. The van der Waals surface area contributed by atoms with Crippen molar-refractivity contribution >= 4 is 0 Å². The third-order valence-electron chi connectivity index (χ3n) is 8.98. The number of rotatable bonds is 16. The molecule has 6 atom stereocenters. The second kappa shape index (κ2) is 17.5. The first-order valence-electron chi connectivity index (χ1n) is 16.8. The van der Waals surface area contributed by atoms with Gasteiger partial charge in [0.15, 0.2) is 0 Å². The summed E-state index contributed by atoms with van der Waals surface area (Å²) in [5.74, 6) is 0. The van der Waals surface area contributed by atoms with E-state index < -0.39 is 36.1 Å². The second-order valence-electron chi connectivity index (χ2n) is 12.5. The maximum Gasteiger partial charge on any atom is 0.148 e. The molecule has 0 radical (unpaired) electrons. The van der Waals surface area contributed by atoms with Crippen molar-refractivity contribution in [3.05, 3.63) is 179 Å². The average Bonchev–Trinajstić information content (AvgIpc) is 3.16. The van der Waals surface area contributed by atoms with Crippen molar-refractivity contribution in [3.63, 3.8) is 0 Å². The highest BCUT2D eigenvalue weighted by Crippen LogP contribution is 2.40. The summed E-state index contributed by atoms with van der Waals surface area (Å²) in [7, 11) is 0. The molecule has 0 spiro atoms. The molecule has 5 aromatic rings. The Hall–Kier alpha value is -4.18. The zero-order valence-electron chi connectivity index (χ0n) is 27.6. The molecule has 0 bridgehead atoms. The average molecular weight is 660 g/mol. The number of ether oxygens (including phenoxy) is 5. The molecule has 1 saturated carbocycles. The standard InChI is InChI=1S/C42H45NO6/c43-37-38(46-27-33-18-8-2-9-19-33)39(47-28-34-20-10-3-11-21-34)41(48-29-35-22-12-4-13-23-35)42(40(37)44,49-30-36-24-14-5-15-25-36)31-45-26-32-16-6-1-7-17-32/h1-25,37-41,44H,26-31,43H2/t37-,38+,39-,40+,41+,42-/m1/s1. The van der Waals surface area contributed by atoms with Crippen LogP contribution in [-0.2, 0) is 56.7 Å². The smallest absolute Gasteiger partial charge is 0.148 e. The minimum Gasteiger partial charge on any atom is -0.388 e. The van der Waals surface area contributed by atoms with Crippen LogP contribution in [0, 0.1) is 0 Å². The largest absolute Gasteiger partial charge is 0.388 e. The predicted molar refractivity (Wildman–Crippen MR) is 189 cm³/mol. The Balaban J connectivity index is 1.38. The fourth-order valence-corrected chi connectivity index (χ4v) is 6.33. The first-order chi connectivity index (χ1) is 24.1. The molecule has 5 aromatic carbocycles. The Morgan fingerprint density at radius 2 is 0.837 bits per heavy atom. The van der Waals surface area contributed by atoms with Crippen molar-refractivity contribution in [2.45, 2.75) is 69.1 Å². The van der Waals surface area contributed by atoms with Crippen LogP contribution in [-0.4, -0.2) is 47.8 Å². The molecule has 0 aliphatic heterocycles. The summed E-state index contributed by atoms with van der Waals surface area (Å²) in [6, 6.07) is 48.7. The van der Waals surface area contributed by atoms with Gasteiger partial charge < -0.3 is 34.5 Å². The van der Waals surface area contributed by atoms with Crippen LogP contribution < -0.4 is 5.73 Å². The van der Waals surface area contributed by atoms with Gasteiger partial charge in [-0.2, -0.15) is 0 Å². The van der Waals surface area contributed by atoms with Gasteiger partial charge in [0, 0.05) is 0 Å². The lowest BCUT2D eigenvalue weighted by Gasteiger charge is -2.54. The fraction of sp³-hybridized carbons (Fsp3) is 0.286.